The number of carbonyl (C=O) groups is 2. The number of likely N-dealkylation sites (tertiary alicyclic amines) is 1. The third-order valence-electron chi connectivity index (χ3n) is 4.78. The second-order valence-electron chi connectivity index (χ2n) is 6.33. The maximum Gasteiger partial charge on any atom is 0.233 e. The molecule has 1 saturated carbocycles. The Bertz CT molecular complexity index is 518. The maximum absolute atomic E-state index is 12.3. The molecule has 1 N–H and O–H groups in total. The molecule has 3 unspecified atom stereocenters. The summed E-state index contributed by atoms with van der Waals surface area (Å²) in [6.45, 7) is 2.41. The van der Waals surface area contributed by atoms with Crippen molar-refractivity contribution in [1.82, 2.24) is 4.90 Å². The Morgan fingerprint density at radius 1 is 1.14 bits per heavy atom. The maximum atomic E-state index is 12.3. The molecular weight excluding hydrogens is 266 g/mol. The van der Waals surface area contributed by atoms with Gasteiger partial charge in [0.15, 0.2) is 0 Å². The highest BCUT2D eigenvalue weighted by Crippen LogP contribution is 2.43. The standard InChI is InChI=1S/C17H21NO3/c1-11-9-13-14(10-11)17(21)18(16(13)20)8-7-15(19)12-5-3-2-4-6-12/h2-6,11,13-15,19H,7-10H2,1H3. The van der Waals surface area contributed by atoms with Crippen molar-refractivity contribution in [2.24, 2.45) is 17.8 Å². The van der Waals surface area contributed by atoms with Crippen LogP contribution in [0.3, 0.4) is 0 Å². The average molecular weight is 287 g/mol. The van der Waals surface area contributed by atoms with E-state index < -0.39 is 6.10 Å². The zero-order valence-corrected chi connectivity index (χ0v) is 12.2. The summed E-state index contributed by atoms with van der Waals surface area (Å²) in [6, 6.07) is 9.35. The number of nitrogens with zero attached hydrogens (tertiary/aromatic N) is 1. The Morgan fingerprint density at radius 2 is 1.71 bits per heavy atom. The van der Waals surface area contributed by atoms with Crippen LogP contribution < -0.4 is 0 Å². The Balaban J connectivity index is 1.62. The first-order valence-corrected chi connectivity index (χ1v) is 7.66. The van der Waals surface area contributed by atoms with Crippen LogP contribution in [0, 0.1) is 17.8 Å². The summed E-state index contributed by atoms with van der Waals surface area (Å²) in [7, 11) is 0. The highest BCUT2D eigenvalue weighted by Gasteiger charge is 2.51. The van der Waals surface area contributed by atoms with Gasteiger partial charge in [0.1, 0.15) is 0 Å². The molecule has 21 heavy (non-hydrogen) atoms. The molecule has 1 heterocycles. The van der Waals surface area contributed by atoms with E-state index in [0.717, 1.165) is 18.4 Å². The molecule has 2 aliphatic rings. The highest BCUT2D eigenvalue weighted by atomic mass is 16.3. The number of hydrogen-bond acceptors (Lipinski definition) is 3. The normalized spacial score (nSPS) is 29.8. The van der Waals surface area contributed by atoms with Gasteiger partial charge < -0.3 is 5.11 Å². The van der Waals surface area contributed by atoms with Gasteiger partial charge in [0.05, 0.1) is 17.9 Å². The van der Waals surface area contributed by atoms with E-state index in [4.69, 9.17) is 0 Å². The zero-order chi connectivity index (χ0) is 15.0. The van der Waals surface area contributed by atoms with Crippen molar-refractivity contribution in [3.63, 3.8) is 0 Å². The van der Waals surface area contributed by atoms with E-state index in [9.17, 15) is 14.7 Å². The van der Waals surface area contributed by atoms with Crippen LogP contribution in [0.15, 0.2) is 30.3 Å². The van der Waals surface area contributed by atoms with Crippen LogP contribution in [-0.4, -0.2) is 28.4 Å². The number of aliphatic hydroxyl groups excluding tert-OH is 1. The molecule has 1 aromatic rings. The van der Waals surface area contributed by atoms with E-state index in [-0.39, 0.29) is 23.7 Å². The van der Waals surface area contributed by atoms with Gasteiger partial charge in [-0.1, -0.05) is 37.3 Å². The second-order valence-corrected chi connectivity index (χ2v) is 6.33. The predicted octanol–water partition coefficient (Wildman–Crippen LogP) is 2.14. The van der Waals surface area contributed by atoms with Crippen LogP contribution in [-0.2, 0) is 9.59 Å². The first-order valence-electron chi connectivity index (χ1n) is 7.66. The first-order chi connectivity index (χ1) is 10.1. The molecule has 4 heteroatoms. The summed E-state index contributed by atoms with van der Waals surface area (Å²) in [4.78, 5) is 26.0. The fraction of sp³-hybridized carbons (Fsp3) is 0.529. The fourth-order valence-electron chi connectivity index (χ4n) is 3.66. The minimum Gasteiger partial charge on any atom is -0.388 e. The van der Waals surface area contributed by atoms with Gasteiger partial charge in [0.25, 0.3) is 0 Å². The lowest BCUT2D eigenvalue weighted by Gasteiger charge is -2.19. The molecule has 0 aromatic heterocycles. The number of fused-ring (bicyclic) bond motifs is 1. The number of carbonyl (C=O) groups excluding carboxylic acids is 2. The van der Waals surface area contributed by atoms with E-state index in [1.165, 1.54) is 4.90 Å². The van der Waals surface area contributed by atoms with Crippen LogP contribution in [0.5, 0.6) is 0 Å². The summed E-state index contributed by atoms with van der Waals surface area (Å²) in [6.07, 6.45) is 1.42. The molecule has 1 aliphatic heterocycles. The van der Waals surface area contributed by atoms with E-state index in [1.54, 1.807) is 0 Å². The molecule has 0 radical (unpaired) electrons. The third kappa shape index (κ3) is 2.60. The minimum absolute atomic E-state index is 0.0328. The molecule has 112 valence electrons. The fourth-order valence-corrected chi connectivity index (χ4v) is 3.66. The summed E-state index contributed by atoms with van der Waals surface area (Å²) >= 11 is 0. The molecule has 1 aliphatic carbocycles. The lowest BCUT2D eigenvalue weighted by molar-refractivity contribution is -0.140. The van der Waals surface area contributed by atoms with Gasteiger partial charge in [0.2, 0.25) is 11.8 Å². The molecule has 1 saturated heterocycles. The minimum atomic E-state index is -0.633. The Labute approximate surface area is 124 Å². The van der Waals surface area contributed by atoms with Crippen LogP contribution in [0.1, 0.15) is 37.9 Å². The van der Waals surface area contributed by atoms with E-state index in [2.05, 4.69) is 6.92 Å². The van der Waals surface area contributed by atoms with Gasteiger partial charge in [-0.15, -0.1) is 0 Å². The topological polar surface area (TPSA) is 57.6 Å². The van der Waals surface area contributed by atoms with Crippen molar-refractivity contribution in [3.05, 3.63) is 35.9 Å². The second kappa shape index (κ2) is 5.60. The van der Waals surface area contributed by atoms with Gasteiger partial charge in [-0.2, -0.15) is 0 Å². The SMILES string of the molecule is CC1CC2C(=O)N(CCC(O)c3ccccc3)C(=O)C2C1. The Hall–Kier alpha value is -1.68. The number of benzene rings is 1. The van der Waals surface area contributed by atoms with Gasteiger partial charge in [0, 0.05) is 6.54 Å². The molecule has 1 aromatic carbocycles. The number of hydrogen-bond donors (Lipinski definition) is 1. The van der Waals surface area contributed by atoms with Gasteiger partial charge in [-0.05, 0) is 30.7 Å². The largest absolute Gasteiger partial charge is 0.388 e. The van der Waals surface area contributed by atoms with Crippen molar-refractivity contribution in [3.8, 4) is 0 Å². The zero-order valence-electron chi connectivity index (χ0n) is 12.2. The molecule has 4 nitrogen and oxygen atoms in total. The Kier molecular flexibility index (Phi) is 3.81. The van der Waals surface area contributed by atoms with Gasteiger partial charge in [-0.25, -0.2) is 0 Å². The lowest BCUT2D eigenvalue weighted by atomic mass is 10.00. The number of aliphatic hydroxyl groups is 1. The van der Waals surface area contributed by atoms with Gasteiger partial charge >= 0.3 is 0 Å². The predicted molar refractivity (Wildman–Crippen MR) is 78.1 cm³/mol. The summed E-state index contributed by atoms with van der Waals surface area (Å²) in [5.41, 5.74) is 0.824. The van der Waals surface area contributed by atoms with Crippen molar-refractivity contribution in [1.29, 1.82) is 0 Å². The van der Waals surface area contributed by atoms with Crippen molar-refractivity contribution in [2.75, 3.05) is 6.54 Å². The molecule has 3 atom stereocenters. The summed E-state index contributed by atoms with van der Waals surface area (Å²) < 4.78 is 0. The molecular formula is C17H21NO3. The molecule has 2 amide bonds. The van der Waals surface area contributed by atoms with E-state index in [1.807, 2.05) is 30.3 Å². The lowest BCUT2D eigenvalue weighted by Crippen LogP contribution is -2.33. The monoisotopic (exact) mass is 287 g/mol. The van der Waals surface area contributed by atoms with E-state index >= 15 is 0 Å². The molecule has 2 fully saturated rings. The molecule has 3 rings (SSSR count). The molecule has 0 bridgehead atoms. The Morgan fingerprint density at radius 3 is 2.29 bits per heavy atom. The highest BCUT2D eigenvalue weighted by molar-refractivity contribution is 6.05. The van der Waals surface area contributed by atoms with E-state index in [0.29, 0.717) is 18.9 Å². The number of imide groups is 1. The first kappa shape index (κ1) is 14.3. The van der Waals surface area contributed by atoms with Crippen LogP contribution in [0.2, 0.25) is 0 Å². The van der Waals surface area contributed by atoms with Crippen molar-refractivity contribution < 1.29 is 14.7 Å². The van der Waals surface area contributed by atoms with Crippen LogP contribution in [0.25, 0.3) is 0 Å². The van der Waals surface area contributed by atoms with Crippen LogP contribution >= 0.6 is 0 Å². The number of rotatable bonds is 4. The third-order valence-corrected chi connectivity index (χ3v) is 4.78. The quantitative estimate of drug-likeness (QED) is 0.863. The summed E-state index contributed by atoms with van der Waals surface area (Å²) in [5, 5.41) is 10.1. The average Bonchev–Trinajstić information content (AvgIpc) is 2.97. The van der Waals surface area contributed by atoms with Crippen molar-refractivity contribution in [2.45, 2.75) is 32.3 Å². The van der Waals surface area contributed by atoms with Crippen LogP contribution in [0.4, 0.5) is 0 Å². The van der Waals surface area contributed by atoms with Crippen molar-refractivity contribution >= 4 is 11.8 Å². The summed E-state index contributed by atoms with van der Waals surface area (Å²) in [5.74, 6) is 0.178. The number of amides is 2. The van der Waals surface area contributed by atoms with Gasteiger partial charge in [-0.3, -0.25) is 14.5 Å². The molecule has 0 spiro atoms. The smallest absolute Gasteiger partial charge is 0.233 e.